The molecule has 0 aliphatic heterocycles. The number of amides is 1. The molecule has 1 amide bonds. The summed E-state index contributed by atoms with van der Waals surface area (Å²) in [6.07, 6.45) is 3.53. The topological polar surface area (TPSA) is 86.3 Å². The van der Waals surface area contributed by atoms with Crippen molar-refractivity contribution in [3.63, 3.8) is 0 Å². The zero-order valence-electron chi connectivity index (χ0n) is 21.1. The van der Waals surface area contributed by atoms with Crippen LogP contribution in [-0.2, 0) is 17.3 Å². The number of ether oxygens (including phenoxy) is 1. The second-order valence-electron chi connectivity index (χ2n) is 9.29. The zero-order valence-corrected chi connectivity index (χ0v) is 21.9. The third-order valence-corrected chi connectivity index (χ3v) is 6.60. The van der Waals surface area contributed by atoms with Crippen LogP contribution in [0.4, 0.5) is 0 Å². The van der Waals surface area contributed by atoms with Gasteiger partial charge in [0, 0.05) is 24.5 Å². The van der Waals surface area contributed by atoms with Gasteiger partial charge in [-0.05, 0) is 47.4 Å². The summed E-state index contributed by atoms with van der Waals surface area (Å²) in [6, 6.07) is 19.9. The van der Waals surface area contributed by atoms with Gasteiger partial charge in [-0.15, -0.1) is 10.2 Å². The number of thioether (sulfide) groups is 1. The van der Waals surface area contributed by atoms with Gasteiger partial charge in [0.05, 0.1) is 24.8 Å². The molecule has 36 heavy (non-hydrogen) atoms. The van der Waals surface area contributed by atoms with E-state index in [1.807, 2.05) is 58.8 Å². The summed E-state index contributed by atoms with van der Waals surface area (Å²) in [5.74, 6) is 1.37. The van der Waals surface area contributed by atoms with E-state index in [-0.39, 0.29) is 17.1 Å². The van der Waals surface area contributed by atoms with Crippen molar-refractivity contribution in [1.29, 1.82) is 0 Å². The van der Waals surface area contributed by atoms with Crippen LogP contribution in [0.1, 0.15) is 32.0 Å². The highest BCUT2D eigenvalue weighted by Crippen LogP contribution is 2.30. The van der Waals surface area contributed by atoms with Gasteiger partial charge >= 0.3 is 0 Å². The second-order valence-corrected chi connectivity index (χ2v) is 10.2. The Morgan fingerprint density at radius 2 is 1.81 bits per heavy atom. The number of rotatable bonds is 8. The first-order chi connectivity index (χ1) is 17.3. The Morgan fingerprint density at radius 1 is 1.08 bits per heavy atom. The van der Waals surface area contributed by atoms with Crippen LogP contribution in [0.5, 0.6) is 5.75 Å². The number of hydrazone groups is 1. The van der Waals surface area contributed by atoms with E-state index in [0.29, 0.717) is 11.0 Å². The van der Waals surface area contributed by atoms with Gasteiger partial charge in [0.25, 0.3) is 5.91 Å². The molecule has 9 heteroatoms. The molecule has 2 aromatic carbocycles. The number of hydrogen-bond donors (Lipinski definition) is 1. The number of benzene rings is 2. The van der Waals surface area contributed by atoms with Crippen molar-refractivity contribution in [1.82, 2.24) is 24.8 Å². The van der Waals surface area contributed by atoms with E-state index in [9.17, 15) is 4.79 Å². The molecule has 4 rings (SSSR count). The normalized spacial score (nSPS) is 11.7. The van der Waals surface area contributed by atoms with Crippen LogP contribution in [0.3, 0.4) is 0 Å². The first kappa shape index (κ1) is 25.2. The molecule has 2 aromatic heterocycles. The monoisotopic (exact) mass is 502 g/mol. The van der Waals surface area contributed by atoms with E-state index in [1.165, 1.54) is 17.3 Å². The first-order valence-corrected chi connectivity index (χ1v) is 12.5. The Labute approximate surface area is 215 Å². The highest BCUT2D eigenvalue weighted by atomic mass is 32.2. The average molecular weight is 503 g/mol. The molecule has 0 aliphatic rings. The van der Waals surface area contributed by atoms with Gasteiger partial charge in [-0.3, -0.25) is 9.36 Å². The first-order valence-electron chi connectivity index (χ1n) is 11.5. The molecule has 0 radical (unpaired) electrons. The summed E-state index contributed by atoms with van der Waals surface area (Å²) >= 11 is 1.30. The summed E-state index contributed by atoms with van der Waals surface area (Å²) in [7, 11) is 3.55. The van der Waals surface area contributed by atoms with Crippen molar-refractivity contribution < 1.29 is 9.53 Å². The number of aryl methyl sites for hydroxylation is 1. The summed E-state index contributed by atoms with van der Waals surface area (Å²) in [6.45, 7) is 6.56. The smallest absolute Gasteiger partial charge is 0.250 e. The third kappa shape index (κ3) is 5.85. The molecule has 8 nitrogen and oxygen atoms in total. The maximum atomic E-state index is 12.4. The van der Waals surface area contributed by atoms with Crippen molar-refractivity contribution in [3.8, 4) is 22.8 Å². The van der Waals surface area contributed by atoms with Crippen LogP contribution in [0.2, 0.25) is 0 Å². The molecule has 4 aromatic rings. The number of hydrogen-bond acceptors (Lipinski definition) is 6. The van der Waals surface area contributed by atoms with Gasteiger partial charge in [0.2, 0.25) is 0 Å². The standard InChI is InChI=1S/C27H30N6O2S/c1-27(2,3)20-10-8-19(9-11-20)25-30-31-26(33(25)21-12-14-23(35-5)15-13-21)36-18-24(34)29-28-17-22-7-6-16-32(22)4/h6-17H,18H2,1-5H3,(H,29,34)/b28-17-. The lowest BCUT2D eigenvalue weighted by molar-refractivity contribution is -0.118. The highest BCUT2D eigenvalue weighted by molar-refractivity contribution is 7.99. The molecule has 2 heterocycles. The van der Waals surface area contributed by atoms with Gasteiger partial charge in [-0.25, -0.2) is 5.43 Å². The largest absolute Gasteiger partial charge is 0.497 e. The third-order valence-electron chi connectivity index (χ3n) is 5.68. The molecule has 186 valence electrons. The number of nitrogens with zero attached hydrogens (tertiary/aromatic N) is 5. The maximum Gasteiger partial charge on any atom is 0.250 e. The minimum Gasteiger partial charge on any atom is -0.497 e. The van der Waals surface area contributed by atoms with Gasteiger partial charge in [0.15, 0.2) is 11.0 Å². The number of aromatic nitrogens is 4. The predicted octanol–water partition coefficient (Wildman–Crippen LogP) is 4.82. The molecule has 0 aliphatic carbocycles. The number of methoxy groups -OCH3 is 1. The fourth-order valence-corrected chi connectivity index (χ4v) is 4.32. The fraction of sp³-hybridized carbons (Fsp3) is 0.259. The van der Waals surface area contributed by atoms with Crippen LogP contribution in [-0.4, -0.2) is 44.3 Å². The van der Waals surface area contributed by atoms with Crippen LogP contribution in [0, 0.1) is 0 Å². The van der Waals surface area contributed by atoms with Crippen molar-refractivity contribution in [2.24, 2.45) is 12.1 Å². The highest BCUT2D eigenvalue weighted by Gasteiger charge is 2.19. The minimum absolute atomic E-state index is 0.0548. The number of nitrogens with one attached hydrogen (secondary N) is 1. The summed E-state index contributed by atoms with van der Waals surface area (Å²) < 4.78 is 9.18. The summed E-state index contributed by atoms with van der Waals surface area (Å²) in [5, 5.41) is 13.5. The SMILES string of the molecule is COc1ccc(-n2c(SCC(=O)N/N=C\c3cccn3C)nnc2-c2ccc(C(C)(C)C)cc2)cc1. The Bertz CT molecular complexity index is 1350. The predicted molar refractivity (Wildman–Crippen MR) is 144 cm³/mol. The van der Waals surface area contributed by atoms with Gasteiger partial charge in [0.1, 0.15) is 5.75 Å². The molecular weight excluding hydrogens is 472 g/mol. The van der Waals surface area contributed by atoms with Crippen molar-refractivity contribution in [2.45, 2.75) is 31.3 Å². The molecule has 0 fully saturated rings. The molecule has 0 unspecified atom stereocenters. The number of carbonyl (C=O) groups is 1. The Morgan fingerprint density at radius 3 is 2.42 bits per heavy atom. The van der Waals surface area contributed by atoms with E-state index in [4.69, 9.17) is 4.74 Å². The molecule has 0 saturated carbocycles. The summed E-state index contributed by atoms with van der Waals surface area (Å²) in [5.41, 5.74) is 6.58. The molecule has 0 saturated heterocycles. The molecule has 1 N–H and O–H groups in total. The Hall–Kier alpha value is -3.85. The molecule has 0 bridgehead atoms. The van der Waals surface area contributed by atoms with Gasteiger partial charge < -0.3 is 9.30 Å². The quantitative estimate of drug-likeness (QED) is 0.212. The van der Waals surface area contributed by atoms with E-state index in [0.717, 1.165) is 22.7 Å². The van der Waals surface area contributed by atoms with Crippen molar-refractivity contribution in [3.05, 3.63) is 78.1 Å². The molecular formula is C27H30N6O2S. The fourth-order valence-electron chi connectivity index (χ4n) is 3.57. The Balaban J connectivity index is 1.57. The van der Waals surface area contributed by atoms with E-state index >= 15 is 0 Å². The molecule has 0 spiro atoms. The lowest BCUT2D eigenvalue weighted by atomic mass is 9.87. The van der Waals surface area contributed by atoms with Crippen molar-refractivity contribution in [2.75, 3.05) is 12.9 Å². The van der Waals surface area contributed by atoms with Crippen LogP contribution < -0.4 is 10.2 Å². The van der Waals surface area contributed by atoms with Crippen LogP contribution in [0.25, 0.3) is 17.1 Å². The number of carbonyl (C=O) groups excluding carboxylic acids is 1. The minimum atomic E-state index is -0.231. The van der Waals surface area contributed by atoms with E-state index in [2.05, 4.69) is 65.8 Å². The van der Waals surface area contributed by atoms with Crippen LogP contribution in [0.15, 0.2) is 77.1 Å². The van der Waals surface area contributed by atoms with E-state index in [1.54, 1.807) is 13.3 Å². The lowest BCUT2D eigenvalue weighted by Gasteiger charge is -2.19. The molecule has 0 atom stereocenters. The van der Waals surface area contributed by atoms with Gasteiger partial charge in [-0.1, -0.05) is 56.8 Å². The van der Waals surface area contributed by atoms with Gasteiger partial charge in [-0.2, -0.15) is 5.10 Å². The van der Waals surface area contributed by atoms with Crippen molar-refractivity contribution >= 4 is 23.9 Å². The van der Waals surface area contributed by atoms with E-state index < -0.39 is 0 Å². The zero-order chi connectivity index (χ0) is 25.7. The summed E-state index contributed by atoms with van der Waals surface area (Å²) in [4.78, 5) is 12.4. The second kappa shape index (κ2) is 10.8. The lowest BCUT2D eigenvalue weighted by Crippen LogP contribution is -2.20. The Kier molecular flexibility index (Phi) is 7.59. The van der Waals surface area contributed by atoms with Crippen LogP contribution >= 0.6 is 11.8 Å². The maximum absolute atomic E-state index is 12.4. The average Bonchev–Trinajstić information content (AvgIpc) is 3.48.